The van der Waals surface area contributed by atoms with Gasteiger partial charge in [0.2, 0.25) is 5.88 Å². The first-order valence-electron chi connectivity index (χ1n) is 10.8. The molecule has 2 amide bonds. The van der Waals surface area contributed by atoms with E-state index in [9.17, 15) is 9.59 Å². The fraction of sp³-hybridized carbons (Fsp3) is 0.348. The minimum absolute atomic E-state index is 0.149. The third kappa shape index (κ3) is 6.33. The van der Waals surface area contributed by atoms with Crippen molar-refractivity contribution in [3.8, 4) is 16.3 Å². The molecule has 10 heteroatoms. The summed E-state index contributed by atoms with van der Waals surface area (Å²) in [5, 5.41) is 10.1. The molecule has 33 heavy (non-hydrogen) atoms. The first-order chi connectivity index (χ1) is 15.9. The van der Waals surface area contributed by atoms with Crippen LogP contribution in [-0.4, -0.2) is 55.2 Å². The van der Waals surface area contributed by atoms with E-state index in [2.05, 4.69) is 34.5 Å². The number of nitrogens with one attached hydrogen (secondary N) is 2. The number of methoxy groups -OCH3 is 1. The number of primary amides is 1. The molecule has 0 saturated heterocycles. The van der Waals surface area contributed by atoms with Gasteiger partial charge in [0.1, 0.15) is 11.4 Å². The number of aromatic nitrogens is 1. The zero-order valence-corrected chi connectivity index (χ0v) is 19.8. The van der Waals surface area contributed by atoms with Crippen molar-refractivity contribution in [1.82, 2.24) is 15.4 Å². The molecular formula is C23H29N5O4S. The Morgan fingerprint density at radius 3 is 2.64 bits per heavy atom. The smallest absolute Gasteiger partial charge is 0.258 e. The van der Waals surface area contributed by atoms with Crippen molar-refractivity contribution in [1.29, 1.82) is 0 Å². The Morgan fingerprint density at radius 2 is 1.97 bits per heavy atom. The summed E-state index contributed by atoms with van der Waals surface area (Å²) < 4.78 is 10.8. The van der Waals surface area contributed by atoms with E-state index in [1.54, 1.807) is 36.4 Å². The maximum Gasteiger partial charge on any atom is 0.258 e. The number of nitrogens with zero attached hydrogens (tertiary/aromatic N) is 2. The van der Waals surface area contributed by atoms with E-state index in [1.165, 1.54) is 18.4 Å². The van der Waals surface area contributed by atoms with E-state index in [-0.39, 0.29) is 5.91 Å². The quantitative estimate of drug-likeness (QED) is 0.344. The summed E-state index contributed by atoms with van der Waals surface area (Å²) in [7, 11) is 1.54. The lowest BCUT2D eigenvalue weighted by Gasteiger charge is -2.17. The maximum atomic E-state index is 12.5. The zero-order chi connectivity index (χ0) is 23.8. The van der Waals surface area contributed by atoms with Crippen LogP contribution in [0.1, 0.15) is 40.3 Å². The lowest BCUT2D eigenvalue weighted by Crippen LogP contribution is -2.29. The monoisotopic (exact) mass is 471 g/mol. The minimum atomic E-state index is -0.481. The summed E-state index contributed by atoms with van der Waals surface area (Å²) in [6, 6.07) is 10.3. The summed E-state index contributed by atoms with van der Waals surface area (Å²) in [5.41, 5.74) is 7.02. The largest absolute Gasteiger partial charge is 0.495 e. The number of nitrogens with two attached hydrogens (primary N) is 1. The van der Waals surface area contributed by atoms with Crippen molar-refractivity contribution < 1.29 is 18.8 Å². The lowest BCUT2D eigenvalue weighted by molar-refractivity contribution is 0.0950. The van der Waals surface area contributed by atoms with Crippen molar-refractivity contribution in [2.45, 2.75) is 20.3 Å². The molecule has 0 unspecified atom stereocenters. The molecule has 2 aromatic heterocycles. The van der Waals surface area contributed by atoms with Gasteiger partial charge in [-0.05, 0) is 56.4 Å². The van der Waals surface area contributed by atoms with Crippen LogP contribution in [-0.2, 0) is 0 Å². The molecule has 0 radical (unpaired) electrons. The van der Waals surface area contributed by atoms with Crippen molar-refractivity contribution >= 4 is 34.7 Å². The minimum Gasteiger partial charge on any atom is -0.495 e. The Morgan fingerprint density at radius 1 is 1.18 bits per heavy atom. The second kappa shape index (κ2) is 11.5. The highest BCUT2D eigenvalue weighted by Gasteiger charge is 2.14. The van der Waals surface area contributed by atoms with Gasteiger partial charge in [-0.25, -0.2) is 0 Å². The molecule has 0 aliphatic heterocycles. The van der Waals surface area contributed by atoms with Crippen LogP contribution in [0.4, 0.5) is 11.6 Å². The molecule has 0 bridgehead atoms. The average Bonchev–Trinajstić information content (AvgIpc) is 3.49. The molecule has 0 spiro atoms. The molecule has 0 atom stereocenters. The molecule has 3 rings (SSSR count). The molecule has 0 fully saturated rings. The van der Waals surface area contributed by atoms with Gasteiger partial charge in [-0.15, -0.1) is 11.3 Å². The van der Waals surface area contributed by atoms with Crippen LogP contribution in [0.15, 0.2) is 40.9 Å². The standard InChI is InChI=1S/C23H29N5O4S/c1-4-28(5-2)12-6-11-25-23(30)15-7-8-16(18(13-15)31-3)26-21-14-17(27-32-21)19-9-10-20(33-19)22(24)29/h7-10,13-14,26H,4-6,11-12H2,1-3H3,(H2,24,29)(H,25,30). The highest BCUT2D eigenvalue weighted by Crippen LogP contribution is 2.32. The SMILES string of the molecule is CCN(CC)CCCNC(=O)c1ccc(Nc2cc(-c3ccc(C(N)=O)s3)no2)c(OC)c1. The van der Waals surface area contributed by atoms with Gasteiger partial charge in [0.25, 0.3) is 11.8 Å². The lowest BCUT2D eigenvalue weighted by atomic mass is 10.1. The molecule has 1 aromatic carbocycles. The molecule has 0 aliphatic rings. The number of hydrogen-bond donors (Lipinski definition) is 3. The Labute approximate surface area is 196 Å². The normalized spacial score (nSPS) is 10.9. The topological polar surface area (TPSA) is 123 Å². The number of thiophene rings is 1. The second-order valence-corrected chi connectivity index (χ2v) is 8.36. The second-order valence-electron chi connectivity index (χ2n) is 7.28. The van der Waals surface area contributed by atoms with Gasteiger partial charge < -0.3 is 30.5 Å². The Bertz CT molecular complexity index is 1090. The van der Waals surface area contributed by atoms with Crippen molar-refractivity contribution in [2.75, 3.05) is 38.6 Å². The van der Waals surface area contributed by atoms with E-state index < -0.39 is 5.91 Å². The number of benzene rings is 1. The van der Waals surface area contributed by atoms with E-state index in [4.69, 9.17) is 15.0 Å². The van der Waals surface area contributed by atoms with Crippen molar-refractivity contribution in [3.05, 3.63) is 46.8 Å². The van der Waals surface area contributed by atoms with E-state index in [1.807, 2.05) is 0 Å². The van der Waals surface area contributed by atoms with Gasteiger partial charge in [0.15, 0.2) is 0 Å². The summed E-state index contributed by atoms with van der Waals surface area (Å²) >= 11 is 1.24. The Kier molecular flexibility index (Phi) is 8.45. The molecular weight excluding hydrogens is 442 g/mol. The Hall–Kier alpha value is -3.37. The van der Waals surface area contributed by atoms with Gasteiger partial charge in [0.05, 0.1) is 22.6 Å². The van der Waals surface area contributed by atoms with Crippen LogP contribution in [0.3, 0.4) is 0 Å². The first-order valence-corrected chi connectivity index (χ1v) is 11.6. The maximum absolute atomic E-state index is 12.5. The number of anilines is 2. The molecule has 0 aliphatic carbocycles. The third-order valence-electron chi connectivity index (χ3n) is 5.16. The molecule has 9 nitrogen and oxygen atoms in total. The third-order valence-corrected chi connectivity index (χ3v) is 6.29. The van der Waals surface area contributed by atoms with Crippen LogP contribution in [0.25, 0.3) is 10.6 Å². The number of rotatable bonds is 12. The predicted molar refractivity (Wildman–Crippen MR) is 129 cm³/mol. The number of ether oxygens (including phenoxy) is 1. The Balaban J connectivity index is 1.62. The summed E-state index contributed by atoms with van der Waals surface area (Å²) in [6.07, 6.45) is 0.892. The van der Waals surface area contributed by atoms with Gasteiger partial charge >= 0.3 is 0 Å². The van der Waals surface area contributed by atoms with Gasteiger partial charge in [-0.2, -0.15) is 0 Å². The number of carbonyl (C=O) groups excluding carboxylic acids is 2. The number of carbonyl (C=O) groups is 2. The average molecular weight is 472 g/mol. The summed E-state index contributed by atoms with van der Waals surface area (Å²) in [5.74, 6) is 0.261. The highest BCUT2D eigenvalue weighted by molar-refractivity contribution is 7.17. The van der Waals surface area contributed by atoms with E-state index in [0.717, 1.165) is 30.9 Å². The van der Waals surface area contributed by atoms with Gasteiger partial charge in [0, 0.05) is 18.2 Å². The molecule has 176 valence electrons. The highest BCUT2D eigenvalue weighted by atomic mass is 32.1. The summed E-state index contributed by atoms with van der Waals surface area (Å²) in [6.45, 7) is 7.83. The van der Waals surface area contributed by atoms with Crippen LogP contribution in [0, 0.1) is 0 Å². The first kappa shape index (κ1) is 24.3. The van der Waals surface area contributed by atoms with Crippen LogP contribution < -0.4 is 21.1 Å². The molecule has 0 saturated carbocycles. The van der Waals surface area contributed by atoms with Crippen LogP contribution in [0.2, 0.25) is 0 Å². The van der Waals surface area contributed by atoms with E-state index in [0.29, 0.717) is 40.0 Å². The molecule has 3 aromatic rings. The predicted octanol–water partition coefficient (Wildman–Crippen LogP) is 3.72. The fourth-order valence-corrected chi connectivity index (χ4v) is 4.08. The summed E-state index contributed by atoms with van der Waals surface area (Å²) in [4.78, 5) is 27.3. The number of hydrogen-bond acceptors (Lipinski definition) is 8. The molecule has 2 heterocycles. The fourth-order valence-electron chi connectivity index (χ4n) is 3.27. The zero-order valence-electron chi connectivity index (χ0n) is 19.0. The van der Waals surface area contributed by atoms with Crippen molar-refractivity contribution in [3.63, 3.8) is 0 Å². The van der Waals surface area contributed by atoms with Gasteiger partial charge in [-0.3, -0.25) is 9.59 Å². The number of amides is 2. The van der Waals surface area contributed by atoms with E-state index >= 15 is 0 Å². The molecule has 4 N–H and O–H groups in total. The van der Waals surface area contributed by atoms with Crippen molar-refractivity contribution in [2.24, 2.45) is 5.73 Å². The van der Waals surface area contributed by atoms with Crippen LogP contribution in [0.5, 0.6) is 5.75 Å². The van der Waals surface area contributed by atoms with Gasteiger partial charge in [-0.1, -0.05) is 19.0 Å². The van der Waals surface area contributed by atoms with Crippen LogP contribution >= 0.6 is 11.3 Å².